The number of halogens is 2. The van der Waals surface area contributed by atoms with Crippen molar-refractivity contribution in [2.45, 2.75) is 25.9 Å². The van der Waals surface area contributed by atoms with Gasteiger partial charge in [-0.2, -0.15) is 0 Å². The van der Waals surface area contributed by atoms with Gasteiger partial charge in [0.05, 0.1) is 5.60 Å². The van der Waals surface area contributed by atoms with Crippen molar-refractivity contribution >= 4 is 16.3 Å². The van der Waals surface area contributed by atoms with Crippen molar-refractivity contribution in [3.05, 3.63) is 65.3 Å². The molecule has 0 radical (unpaired) electrons. The minimum atomic E-state index is -0.880. The Hall–Kier alpha value is -0.606. The molecule has 1 aliphatic carbocycles. The van der Waals surface area contributed by atoms with E-state index in [0.717, 1.165) is 23.9 Å². The zero-order chi connectivity index (χ0) is 16.6. The molecule has 3 rings (SSSR count). The Morgan fingerprint density at radius 3 is 2.31 bits per heavy atom. The summed E-state index contributed by atoms with van der Waals surface area (Å²) in [5.41, 5.74) is 4.01. The smallest absolute Gasteiger partial charge is 1.00 e. The molecule has 2 aromatic rings. The molecule has 26 heavy (non-hydrogen) atoms. The first kappa shape index (κ1) is 25.4. The Balaban J connectivity index is 0.00000208. The Morgan fingerprint density at radius 2 is 1.69 bits per heavy atom. The van der Waals surface area contributed by atoms with E-state index in [-0.39, 0.29) is 46.5 Å². The third-order valence-corrected chi connectivity index (χ3v) is 4.38. The molecule has 0 saturated carbocycles. The van der Waals surface area contributed by atoms with Crippen LogP contribution in [-0.4, -0.2) is 30.6 Å². The van der Waals surface area contributed by atoms with E-state index in [2.05, 4.69) is 55.4 Å². The van der Waals surface area contributed by atoms with Crippen molar-refractivity contribution in [1.82, 2.24) is 4.90 Å². The number of hydrogen-bond donors (Lipinski definition) is 1. The van der Waals surface area contributed by atoms with Crippen molar-refractivity contribution in [3.63, 3.8) is 0 Å². The Bertz CT molecular complexity index is 807. The van der Waals surface area contributed by atoms with Crippen molar-refractivity contribution in [2.75, 3.05) is 20.6 Å². The SMILES string of the molecule is CN(C)CC1=C(c2ccc3ccccc3c2C(C)(C)O)CC=C1.[Cl-].[Cl-].[Ti+2]. The molecule has 0 aromatic heterocycles. The predicted molar refractivity (Wildman–Crippen MR) is 98.4 cm³/mol. The fourth-order valence-corrected chi connectivity index (χ4v) is 3.50. The summed E-state index contributed by atoms with van der Waals surface area (Å²) in [6.45, 7) is 4.68. The molecule has 0 saturated heterocycles. The van der Waals surface area contributed by atoms with E-state index in [9.17, 15) is 5.11 Å². The monoisotopic (exact) mass is 425 g/mol. The number of aliphatic hydroxyl groups is 1. The first-order valence-electron chi connectivity index (χ1n) is 8.16. The fourth-order valence-electron chi connectivity index (χ4n) is 3.50. The van der Waals surface area contributed by atoms with Gasteiger partial charge in [-0.05, 0) is 67.4 Å². The van der Waals surface area contributed by atoms with E-state index in [1.165, 1.54) is 22.1 Å². The quantitative estimate of drug-likeness (QED) is 0.593. The van der Waals surface area contributed by atoms with Crippen molar-refractivity contribution in [1.29, 1.82) is 0 Å². The van der Waals surface area contributed by atoms with Gasteiger partial charge in [0, 0.05) is 6.54 Å². The van der Waals surface area contributed by atoms with Gasteiger partial charge in [-0.25, -0.2) is 0 Å². The minimum Gasteiger partial charge on any atom is -1.00 e. The number of allylic oxidation sites excluding steroid dienone is 2. The summed E-state index contributed by atoms with van der Waals surface area (Å²) in [5.74, 6) is 0. The third kappa shape index (κ3) is 5.22. The Kier molecular flexibility index (Phi) is 9.84. The molecule has 5 heteroatoms. The molecule has 138 valence electrons. The summed E-state index contributed by atoms with van der Waals surface area (Å²) in [7, 11) is 4.18. The van der Waals surface area contributed by atoms with Crippen LogP contribution in [0.3, 0.4) is 0 Å². The summed E-state index contributed by atoms with van der Waals surface area (Å²) in [6, 6.07) is 12.6. The molecular weight excluding hydrogens is 401 g/mol. The molecule has 0 amide bonds. The molecular formula is C21H25Cl2NOTi. The molecule has 2 aromatic carbocycles. The molecule has 0 atom stereocenters. The van der Waals surface area contributed by atoms with E-state index in [1.807, 2.05) is 26.0 Å². The van der Waals surface area contributed by atoms with Crippen LogP contribution in [0.2, 0.25) is 0 Å². The maximum atomic E-state index is 10.8. The van der Waals surface area contributed by atoms with Gasteiger partial charge in [0.25, 0.3) is 0 Å². The molecule has 0 heterocycles. The van der Waals surface area contributed by atoms with Gasteiger partial charge in [0.15, 0.2) is 0 Å². The van der Waals surface area contributed by atoms with Crippen molar-refractivity contribution < 1.29 is 51.6 Å². The van der Waals surface area contributed by atoms with Crippen LogP contribution in [0.15, 0.2) is 54.1 Å². The molecule has 0 spiro atoms. The summed E-state index contributed by atoms with van der Waals surface area (Å²) in [5, 5.41) is 13.2. The number of nitrogens with zero attached hydrogens (tertiary/aromatic N) is 1. The van der Waals surface area contributed by atoms with Gasteiger partial charge in [0.2, 0.25) is 0 Å². The van der Waals surface area contributed by atoms with Crippen LogP contribution in [-0.2, 0) is 27.3 Å². The van der Waals surface area contributed by atoms with Crippen LogP contribution in [0.25, 0.3) is 16.3 Å². The summed E-state index contributed by atoms with van der Waals surface area (Å²) in [4.78, 5) is 2.19. The van der Waals surface area contributed by atoms with E-state index in [1.54, 1.807) is 0 Å². The second-order valence-electron chi connectivity index (χ2n) is 7.12. The largest absolute Gasteiger partial charge is 2.00 e. The van der Waals surface area contributed by atoms with Crippen LogP contribution in [0.1, 0.15) is 31.4 Å². The minimum absolute atomic E-state index is 0. The molecule has 0 unspecified atom stereocenters. The zero-order valence-electron chi connectivity index (χ0n) is 15.7. The number of likely N-dealkylation sites (N-methyl/N-ethyl adjacent to an activating group) is 1. The average molecular weight is 426 g/mol. The van der Waals surface area contributed by atoms with Crippen LogP contribution >= 0.6 is 0 Å². The van der Waals surface area contributed by atoms with Crippen LogP contribution in [0.5, 0.6) is 0 Å². The molecule has 0 fully saturated rings. The maximum absolute atomic E-state index is 10.8. The number of benzene rings is 2. The Labute approximate surface area is 184 Å². The standard InChI is InChI=1S/C21H25NO.2ClH.Ti/c1-21(2,23)20-18-10-6-5-8-15(18)12-13-19(20)17-11-7-9-16(17)14-22(3)4;;;/h5-10,12-13,23H,11,14H2,1-4H3;2*1H;/q;;;+2/p-2. The predicted octanol–water partition coefficient (Wildman–Crippen LogP) is -1.65. The van der Waals surface area contributed by atoms with Crippen molar-refractivity contribution in [2.24, 2.45) is 0 Å². The summed E-state index contributed by atoms with van der Waals surface area (Å²) >= 11 is 0. The van der Waals surface area contributed by atoms with E-state index in [4.69, 9.17) is 0 Å². The first-order chi connectivity index (χ1) is 10.9. The zero-order valence-corrected chi connectivity index (χ0v) is 18.8. The van der Waals surface area contributed by atoms with Gasteiger partial charge in [-0.15, -0.1) is 0 Å². The van der Waals surface area contributed by atoms with Crippen molar-refractivity contribution in [3.8, 4) is 0 Å². The summed E-state index contributed by atoms with van der Waals surface area (Å²) in [6.07, 6.45) is 5.38. The average Bonchev–Trinajstić information content (AvgIpc) is 2.92. The van der Waals surface area contributed by atoms with Gasteiger partial charge in [-0.3, -0.25) is 0 Å². The fraction of sp³-hybridized carbons (Fsp3) is 0.333. The van der Waals surface area contributed by atoms with Crippen LogP contribution in [0.4, 0.5) is 0 Å². The molecule has 0 aliphatic heterocycles. The normalized spacial score (nSPS) is 13.5. The van der Waals surface area contributed by atoms with E-state index in [0.29, 0.717) is 0 Å². The second-order valence-corrected chi connectivity index (χ2v) is 7.12. The van der Waals surface area contributed by atoms with Gasteiger partial charge in [0.1, 0.15) is 0 Å². The van der Waals surface area contributed by atoms with Crippen LogP contribution < -0.4 is 24.8 Å². The van der Waals surface area contributed by atoms with E-state index >= 15 is 0 Å². The number of rotatable bonds is 4. The molecule has 2 nitrogen and oxygen atoms in total. The molecule has 1 aliphatic rings. The number of hydrogen-bond acceptors (Lipinski definition) is 2. The topological polar surface area (TPSA) is 23.5 Å². The van der Waals surface area contributed by atoms with Crippen LogP contribution in [0, 0.1) is 0 Å². The van der Waals surface area contributed by atoms with Gasteiger partial charge < -0.3 is 34.8 Å². The maximum Gasteiger partial charge on any atom is 2.00 e. The van der Waals surface area contributed by atoms with E-state index < -0.39 is 5.60 Å². The second kappa shape index (κ2) is 10.1. The summed E-state index contributed by atoms with van der Waals surface area (Å²) < 4.78 is 0. The molecule has 0 bridgehead atoms. The van der Waals surface area contributed by atoms with Gasteiger partial charge >= 0.3 is 21.7 Å². The molecule has 1 N–H and O–H groups in total. The third-order valence-electron chi connectivity index (χ3n) is 4.38. The number of fused-ring (bicyclic) bond motifs is 1. The Morgan fingerprint density at radius 1 is 1.04 bits per heavy atom. The van der Waals surface area contributed by atoms with Gasteiger partial charge in [-0.1, -0.05) is 48.6 Å². The first-order valence-corrected chi connectivity index (χ1v) is 8.16.